The first-order chi connectivity index (χ1) is 35.7. The zero-order chi connectivity index (χ0) is 47.3. The summed E-state index contributed by atoms with van der Waals surface area (Å²) in [5.74, 6) is 1.80. The Morgan fingerprint density at radius 3 is 1.61 bits per heavy atom. The quantitative estimate of drug-likeness (QED) is 0.160. The van der Waals surface area contributed by atoms with Gasteiger partial charge in [-0.1, -0.05) is 182 Å². The lowest BCUT2D eigenvalue weighted by atomic mass is 9.95. The van der Waals surface area contributed by atoms with Crippen LogP contribution in [0.1, 0.15) is 0 Å². The minimum absolute atomic E-state index is 0.596. The van der Waals surface area contributed by atoms with E-state index < -0.39 is 0 Å². The highest BCUT2D eigenvalue weighted by molar-refractivity contribution is 6.32. The van der Waals surface area contributed by atoms with E-state index in [1.54, 1.807) is 0 Å². The Labute approximate surface area is 413 Å². The smallest absolute Gasteiger partial charge is 0.164 e. The molecule has 0 spiro atoms. The molecule has 0 amide bonds. The molecule has 334 valence electrons. The molecule has 0 aliphatic heterocycles. The summed E-state index contributed by atoms with van der Waals surface area (Å²) < 4.78 is 9.02. The third kappa shape index (κ3) is 6.38. The summed E-state index contributed by atoms with van der Waals surface area (Å²) in [6.45, 7) is 0. The molecule has 0 N–H and O–H groups in total. The maximum atomic E-state index is 6.57. The van der Waals surface area contributed by atoms with Crippen LogP contribution in [-0.4, -0.2) is 19.4 Å². The highest BCUT2D eigenvalue weighted by Crippen LogP contribution is 2.46. The molecular weight excluding hydrogens is 877 g/mol. The van der Waals surface area contributed by atoms with Crippen LogP contribution in [-0.2, 0) is 0 Å². The summed E-state index contributed by atoms with van der Waals surface area (Å²) in [5, 5.41) is 9.48. The number of fused-ring (bicyclic) bond motifs is 7. The zero-order valence-corrected chi connectivity index (χ0v) is 38.8. The molecule has 0 fully saturated rings. The van der Waals surface area contributed by atoms with Crippen LogP contribution < -0.4 is 0 Å². The highest BCUT2D eigenvalue weighted by Gasteiger charge is 2.23. The number of nitrogens with zero attached hydrogens (tertiary/aromatic N) is 4. The van der Waals surface area contributed by atoms with Gasteiger partial charge < -0.3 is 8.82 Å². The second kappa shape index (κ2) is 15.9. The summed E-state index contributed by atoms with van der Waals surface area (Å²) in [4.78, 5) is 16.0. The molecule has 5 heteroatoms. The summed E-state index contributed by atoms with van der Waals surface area (Å²) in [5.41, 5.74) is 16.9. The largest absolute Gasteiger partial charge is 0.456 e. The number of aromatic nitrogens is 4. The number of furan rings is 1. The van der Waals surface area contributed by atoms with E-state index in [0.29, 0.717) is 17.5 Å². The molecule has 5 nitrogen and oxygen atoms in total. The van der Waals surface area contributed by atoms with Gasteiger partial charge in [0, 0.05) is 38.2 Å². The summed E-state index contributed by atoms with van der Waals surface area (Å²) in [6, 6.07) is 86.3. The van der Waals surface area contributed by atoms with Crippen LogP contribution in [0.5, 0.6) is 0 Å². The van der Waals surface area contributed by atoms with E-state index in [2.05, 4.69) is 247 Å². The first-order valence-corrected chi connectivity index (χ1v) is 24.4. The van der Waals surface area contributed by atoms with E-state index in [1.807, 2.05) is 0 Å². The van der Waals surface area contributed by atoms with Crippen molar-refractivity contribution >= 4 is 70.8 Å². The fourth-order valence-corrected chi connectivity index (χ4v) is 11.2. The molecule has 0 unspecified atom stereocenters. The monoisotopic (exact) mass is 916 g/mol. The first kappa shape index (κ1) is 40.2. The predicted octanol–water partition coefficient (Wildman–Crippen LogP) is 17.7. The van der Waals surface area contributed by atoms with Crippen molar-refractivity contribution in [2.45, 2.75) is 0 Å². The van der Waals surface area contributed by atoms with Crippen LogP contribution in [0.2, 0.25) is 0 Å². The molecular formula is C67H40N4O. The van der Waals surface area contributed by atoms with Gasteiger partial charge in [0.05, 0.1) is 21.9 Å². The van der Waals surface area contributed by atoms with Crippen LogP contribution in [0.3, 0.4) is 0 Å². The van der Waals surface area contributed by atoms with Gasteiger partial charge in [0.2, 0.25) is 0 Å². The Morgan fingerprint density at radius 1 is 0.278 bits per heavy atom. The van der Waals surface area contributed by atoms with Crippen molar-refractivity contribution in [1.29, 1.82) is 0 Å². The maximum Gasteiger partial charge on any atom is 0.164 e. The lowest BCUT2D eigenvalue weighted by Crippen LogP contribution is -2.01. The lowest BCUT2D eigenvalue weighted by Gasteiger charge is -2.13. The van der Waals surface area contributed by atoms with Crippen molar-refractivity contribution in [1.82, 2.24) is 19.4 Å². The van der Waals surface area contributed by atoms with Gasteiger partial charge in [-0.15, -0.1) is 0 Å². The number of para-hydroxylation sites is 1. The van der Waals surface area contributed by atoms with E-state index in [1.165, 1.54) is 32.3 Å². The Morgan fingerprint density at radius 2 is 0.819 bits per heavy atom. The molecule has 4 aromatic heterocycles. The van der Waals surface area contributed by atoms with Gasteiger partial charge in [-0.2, -0.15) is 0 Å². The summed E-state index contributed by atoms with van der Waals surface area (Å²) in [7, 11) is 0. The highest BCUT2D eigenvalue weighted by atomic mass is 16.3. The Balaban J connectivity index is 0.927. The third-order valence-electron chi connectivity index (χ3n) is 14.5. The van der Waals surface area contributed by atoms with Crippen molar-refractivity contribution in [2.24, 2.45) is 0 Å². The van der Waals surface area contributed by atoms with E-state index in [0.717, 1.165) is 99.7 Å². The van der Waals surface area contributed by atoms with Crippen LogP contribution in [0, 0.1) is 0 Å². The Bertz CT molecular complexity index is 4540. The van der Waals surface area contributed by atoms with Crippen molar-refractivity contribution in [2.75, 3.05) is 0 Å². The van der Waals surface area contributed by atoms with Crippen molar-refractivity contribution < 1.29 is 4.42 Å². The van der Waals surface area contributed by atoms with Crippen molar-refractivity contribution in [3.63, 3.8) is 0 Å². The molecule has 0 aliphatic carbocycles. The molecule has 0 saturated carbocycles. The van der Waals surface area contributed by atoms with Crippen LogP contribution in [0.4, 0.5) is 0 Å². The lowest BCUT2D eigenvalue weighted by molar-refractivity contribution is 0.669. The van der Waals surface area contributed by atoms with Gasteiger partial charge in [-0.3, -0.25) is 0 Å². The van der Waals surface area contributed by atoms with Gasteiger partial charge in [0.15, 0.2) is 17.5 Å². The molecule has 4 heterocycles. The first-order valence-electron chi connectivity index (χ1n) is 24.4. The third-order valence-corrected chi connectivity index (χ3v) is 14.5. The summed E-state index contributed by atoms with van der Waals surface area (Å²) in [6.07, 6.45) is 0. The van der Waals surface area contributed by atoms with Gasteiger partial charge in [-0.25, -0.2) is 15.0 Å². The van der Waals surface area contributed by atoms with E-state index >= 15 is 0 Å². The molecule has 0 saturated heterocycles. The SMILES string of the molecule is c1ccc(-c2cc(-c3ccccc3)cc(-c3nc(-c4ccc(-c5ccc6ccccc6c5)cc4)nc(-c4cccc(-c5cccc6c5c5ccc7oc8cccc9c%10ccccc%10n6c5c7c89)c4)n3)c2)cc1. The average molecular weight is 917 g/mol. The second-order valence-corrected chi connectivity index (χ2v) is 18.7. The molecule has 0 radical (unpaired) electrons. The van der Waals surface area contributed by atoms with Gasteiger partial charge in [-0.05, 0) is 121 Å². The van der Waals surface area contributed by atoms with Crippen molar-refractivity contribution in [3.8, 4) is 78.7 Å². The van der Waals surface area contributed by atoms with E-state index in [9.17, 15) is 0 Å². The van der Waals surface area contributed by atoms with E-state index in [-0.39, 0.29) is 0 Å². The molecule has 0 atom stereocenters. The van der Waals surface area contributed by atoms with Crippen LogP contribution in [0.15, 0.2) is 247 Å². The van der Waals surface area contributed by atoms with Gasteiger partial charge >= 0.3 is 0 Å². The minimum atomic E-state index is 0.596. The maximum absolute atomic E-state index is 6.57. The van der Waals surface area contributed by atoms with E-state index in [4.69, 9.17) is 19.4 Å². The van der Waals surface area contributed by atoms with Gasteiger partial charge in [0.25, 0.3) is 0 Å². The molecule has 0 aliphatic rings. The fraction of sp³-hybridized carbons (Fsp3) is 0. The number of hydrogen-bond donors (Lipinski definition) is 0. The molecule has 15 aromatic rings. The second-order valence-electron chi connectivity index (χ2n) is 18.7. The predicted molar refractivity (Wildman–Crippen MR) is 297 cm³/mol. The molecule has 15 rings (SSSR count). The standard InChI is InChI=1S/C67H40N4O/c1-3-14-41(15-4-1)50-38-51(42-16-5-2-6-17-42)40-52(39-50)67-69-65(45-31-28-44(29-32-45)47-33-30-43-18-7-8-19-46(43)36-47)68-66(70-67)49-21-11-20-48(37-49)53-23-12-26-58-61(53)56-34-35-60-63-62-55(24-13-27-59(62)72-60)54-22-9-10-25-57(54)71(58)64(56)63/h1-40H. The van der Waals surface area contributed by atoms with Gasteiger partial charge in [0.1, 0.15) is 11.2 Å². The average Bonchev–Trinajstić information content (AvgIpc) is 3.97. The minimum Gasteiger partial charge on any atom is -0.456 e. The fourth-order valence-electron chi connectivity index (χ4n) is 11.2. The Kier molecular flexibility index (Phi) is 8.89. The number of hydrogen-bond acceptors (Lipinski definition) is 4. The zero-order valence-electron chi connectivity index (χ0n) is 38.8. The topological polar surface area (TPSA) is 56.2 Å². The number of rotatable bonds is 7. The van der Waals surface area contributed by atoms with Crippen LogP contribution >= 0.6 is 0 Å². The normalized spacial score (nSPS) is 11.9. The summed E-state index contributed by atoms with van der Waals surface area (Å²) >= 11 is 0. The molecule has 11 aromatic carbocycles. The molecule has 0 bridgehead atoms. The Hall–Kier alpha value is -9.71. The van der Waals surface area contributed by atoms with Crippen molar-refractivity contribution in [3.05, 3.63) is 243 Å². The van der Waals surface area contributed by atoms with Crippen LogP contribution in [0.25, 0.3) is 149 Å². The molecule has 72 heavy (non-hydrogen) atoms. The number of benzene rings is 11.